The first-order valence-electron chi connectivity index (χ1n) is 9.40. The van der Waals surface area contributed by atoms with Crippen LogP contribution in [0.1, 0.15) is 17.8 Å². The molecule has 0 amide bonds. The lowest BCUT2D eigenvalue weighted by atomic mass is 9.95. The monoisotopic (exact) mass is 461 g/mol. The van der Waals surface area contributed by atoms with Gasteiger partial charge in [0, 0.05) is 43.5 Å². The van der Waals surface area contributed by atoms with Crippen LogP contribution in [-0.4, -0.2) is 28.3 Å². The van der Waals surface area contributed by atoms with Crippen LogP contribution < -0.4 is 5.32 Å². The van der Waals surface area contributed by atoms with Crippen LogP contribution in [0.2, 0.25) is 10.0 Å². The number of benzene rings is 2. The zero-order valence-corrected chi connectivity index (χ0v) is 18.0. The summed E-state index contributed by atoms with van der Waals surface area (Å²) in [6, 6.07) is 11.3. The molecule has 1 aliphatic rings. The summed E-state index contributed by atoms with van der Waals surface area (Å²) in [4.78, 5) is 9.74. The zero-order valence-electron chi connectivity index (χ0n) is 15.7. The van der Waals surface area contributed by atoms with Crippen molar-refractivity contribution in [3.8, 4) is 10.4 Å². The zero-order chi connectivity index (χ0) is 20.7. The summed E-state index contributed by atoms with van der Waals surface area (Å²) in [6.45, 7) is 1.07. The molecule has 2 aromatic carbocycles. The first kappa shape index (κ1) is 19.8. The number of fused-ring (bicyclic) bond motifs is 1. The SMILES string of the molecule is OC1(c2ncc(-c3ccc(Nc4nc5cccc(Cl)c5o4)cc3Cl)s2)CCOCC1. The highest BCUT2D eigenvalue weighted by Gasteiger charge is 2.35. The molecular formula is C21H17Cl2N3O3S. The fraction of sp³-hybridized carbons (Fsp3) is 0.238. The van der Waals surface area contributed by atoms with Crippen molar-refractivity contribution in [2.24, 2.45) is 0 Å². The Morgan fingerprint density at radius 2 is 1.93 bits per heavy atom. The van der Waals surface area contributed by atoms with Gasteiger partial charge in [0.15, 0.2) is 5.58 Å². The number of nitrogens with one attached hydrogen (secondary N) is 1. The molecule has 0 bridgehead atoms. The second-order valence-corrected chi connectivity index (χ2v) is 8.95. The average molecular weight is 462 g/mol. The van der Waals surface area contributed by atoms with Gasteiger partial charge in [0.1, 0.15) is 16.1 Å². The van der Waals surface area contributed by atoms with E-state index in [9.17, 15) is 5.11 Å². The van der Waals surface area contributed by atoms with Gasteiger partial charge >= 0.3 is 0 Å². The Bertz CT molecular complexity index is 1220. The number of hydrogen-bond donors (Lipinski definition) is 2. The van der Waals surface area contributed by atoms with Gasteiger partial charge in [-0.3, -0.25) is 0 Å². The minimum Gasteiger partial charge on any atom is -0.422 e. The third kappa shape index (κ3) is 3.68. The van der Waals surface area contributed by atoms with Crippen LogP contribution in [0.4, 0.5) is 11.7 Å². The van der Waals surface area contributed by atoms with Crippen molar-refractivity contribution >= 4 is 57.3 Å². The number of oxazole rings is 1. The Hall–Kier alpha value is -2.16. The molecule has 0 spiro atoms. The first-order chi connectivity index (χ1) is 14.5. The van der Waals surface area contributed by atoms with E-state index in [1.807, 2.05) is 24.3 Å². The third-order valence-electron chi connectivity index (χ3n) is 5.08. The minimum atomic E-state index is -0.927. The molecule has 1 fully saturated rings. The average Bonchev–Trinajstić information content (AvgIpc) is 3.37. The number of nitrogens with zero attached hydrogens (tertiary/aromatic N) is 2. The first-order valence-corrected chi connectivity index (χ1v) is 11.0. The molecule has 30 heavy (non-hydrogen) atoms. The van der Waals surface area contributed by atoms with E-state index in [4.69, 9.17) is 32.4 Å². The number of para-hydroxylation sites is 1. The fourth-order valence-corrected chi connectivity index (χ4v) is 5.07. The quantitative estimate of drug-likeness (QED) is 0.387. The van der Waals surface area contributed by atoms with E-state index >= 15 is 0 Å². The van der Waals surface area contributed by atoms with Crippen molar-refractivity contribution in [1.82, 2.24) is 9.97 Å². The molecule has 3 heterocycles. The lowest BCUT2D eigenvalue weighted by Crippen LogP contribution is -2.33. The van der Waals surface area contributed by atoms with Gasteiger partial charge in [0.25, 0.3) is 6.01 Å². The summed E-state index contributed by atoms with van der Waals surface area (Å²) in [5, 5.41) is 15.7. The number of halogens is 2. The predicted octanol–water partition coefficient (Wildman–Crippen LogP) is 6.00. The standard InChI is InChI=1S/C21H17Cl2N3O3S/c22-14-2-1-3-16-18(14)29-20(26-16)25-12-4-5-13(15(23)10-12)17-11-24-19(30-17)21(27)6-8-28-9-7-21/h1-5,10-11,27H,6-9H2,(H,25,26). The lowest BCUT2D eigenvalue weighted by molar-refractivity contribution is -0.0679. The summed E-state index contributed by atoms with van der Waals surface area (Å²) in [6.07, 6.45) is 2.85. The van der Waals surface area contributed by atoms with E-state index in [0.29, 0.717) is 58.2 Å². The van der Waals surface area contributed by atoms with Crippen LogP contribution in [0.25, 0.3) is 21.5 Å². The van der Waals surface area contributed by atoms with E-state index in [0.717, 1.165) is 16.1 Å². The molecule has 0 radical (unpaired) electrons. The van der Waals surface area contributed by atoms with Gasteiger partial charge in [-0.05, 0) is 30.3 Å². The summed E-state index contributed by atoms with van der Waals surface area (Å²) in [7, 11) is 0. The van der Waals surface area contributed by atoms with Crippen molar-refractivity contribution in [2.45, 2.75) is 18.4 Å². The Kier molecular flexibility index (Phi) is 5.16. The van der Waals surface area contributed by atoms with Crippen LogP contribution in [0, 0.1) is 0 Å². The molecule has 1 saturated heterocycles. The van der Waals surface area contributed by atoms with Crippen molar-refractivity contribution in [3.05, 3.63) is 57.6 Å². The molecule has 0 saturated carbocycles. The third-order valence-corrected chi connectivity index (χ3v) is 6.91. The molecule has 0 aliphatic carbocycles. The molecule has 6 nitrogen and oxygen atoms in total. The number of rotatable bonds is 4. The lowest BCUT2D eigenvalue weighted by Gasteiger charge is -2.29. The molecule has 0 atom stereocenters. The number of anilines is 2. The molecule has 2 N–H and O–H groups in total. The Morgan fingerprint density at radius 1 is 1.10 bits per heavy atom. The van der Waals surface area contributed by atoms with Crippen molar-refractivity contribution in [3.63, 3.8) is 0 Å². The Balaban J connectivity index is 1.39. The van der Waals surface area contributed by atoms with E-state index < -0.39 is 5.60 Å². The number of thiazole rings is 1. The molecular weight excluding hydrogens is 445 g/mol. The van der Waals surface area contributed by atoms with Crippen molar-refractivity contribution in [2.75, 3.05) is 18.5 Å². The highest BCUT2D eigenvalue weighted by Crippen LogP contribution is 2.40. The summed E-state index contributed by atoms with van der Waals surface area (Å²) in [5.74, 6) is 0. The topological polar surface area (TPSA) is 80.4 Å². The van der Waals surface area contributed by atoms with Gasteiger partial charge in [-0.1, -0.05) is 29.3 Å². The number of aliphatic hydroxyl groups is 1. The molecule has 4 aromatic rings. The maximum absolute atomic E-state index is 10.9. The molecule has 5 rings (SSSR count). The highest BCUT2D eigenvalue weighted by atomic mass is 35.5. The number of aromatic nitrogens is 2. The van der Waals surface area contributed by atoms with Gasteiger partial charge in [-0.2, -0.15) is 4.98 Å². The second-order valence-electron chi connectivity index (χ2n) is 7.10. The molecule has 1 aliphatic heterocycles. The van der Waals surface area contributed by atoms with Crippen LogP contribution in [0.5, 0.6) is 0 Å². The van der Waals surface area contributed by atoms with E-state index in [1.165, 1.54) is 11.3 Å². The van der Waals surface area contributed by atoms with Crippen molar-refractivity contribution in [1.29, 1.82) is 0 Å². The smallest absolute Gasteiger partial charge is 0.300 e. The maximum Gasteiger partial charge on any atom is 0.300 e. The molecule has 9 heteroatoms. The van der Waals surface area contributed by atoms with Gasteiger partial charge in [-0.15, -0.1) is 11.3 Å². The number of hydrogen-bond acceptors (Lipinski definition) is 7. The fourth-order valence-electron chi connectivity index (χ4n) is 3.42. The van der Waals surface area contributed by atoms with Crippen LogP contribution >= 0.6 is 34.5 Å². The van der Waals surface area contributed by atoms with Gasteiger partial charge in [0.05, 0.1) is 14.9 Å². The van der Waals surface area contributed by atoms with Crippen molar-refractivity contribution < 1.29 is 14.3 Å². The van der Waals surface area contributed by atoms with Gasteiger partial charge in [0.2, 0.25) is 0 Å². The number of ether oxygens (including phenoxy) is 1. The summed E-state index contributed by atoms with van der Waals surface area (Å²) in [5.41, 5.74) is 1.87. The van der Waals surface area contributed by atoms with E-state index in [1.54, 1.807) is 18.3 Å². The normalized spacial score (nSPS) is 16.1. The molecule has 154 valence electrons. The Labute approximate surface area is 186 Å². The minimum absolute atomic E-state index is 0.337. The maximum atomic E-state index is 10.9. The van der Waals surface area contributed by atoms with Crippen LogP contribution in [-0.2, 0) is 10.3 Å². The Morgan fingerprint density at radius 3 is 2.70 bits per heavy atom. The van der Waals surface area contributed by atoms with Crippen LogP contribution in [0.3, 0.4) is 0 Å². The van der Waals surface area contributed by atoms with Gasteiger partial charge in [-0.25, -0.2) is 4.98 Å². The predicted molar refractivity (Wildman–Crippen MR) is 119 cm³/mol. The highest BCUT2D eigenvalue weighted by molar-refractivity contribution is 7.15. The van der Waals surface area contributed by atoms with E-state index in [-0.39, 0.29) is 0 Å². The largest absolute Gasteiger partial charge is 0.422 e. The van der Waals surface area contributed by atoms with E-state index in [2.05, 4.69) is 15.3 Å². The second kappa shape index (κ2) is 7.83. The summed E-state index contributed by atoms with van der Waals surface area (Å²) >= 11 is 14.1. The van der Waals surface area contributed by atoms with Crippen LogP contribution in [0.15, 0.2) is 47.0 Å². The molecule has 2 aromatic heterocycles. The molecule has 0 unspecified atom stereocenters. The summed E-state index contributed by atoms with van der Waals surface area (Å²) < 4.78 is 11.0. The van der Waals surface area contributed by atoms with Gasteiger partial charge < -0.3 is 19.6 Å².